The highest BCUT2D eigenvalue weighted by Crippen LogP contribution is 2.47. The summed E-state index contributed by atoms with van der Waals surface area (Å²) in [5, 5.41) is 17.7. The van der Waals surface area contributed by atoms with E-state index in [1.54, 1.807) is 0 Å². The molecule has 0 radical (unpaired) electrons. The SMILES string of the molecule is c1ccc2c(c1)c1ccccc1n2-c1ccc2oc3c(ccc4c3c3ccccc3n4-c3ccc4oc5c(ccc6oc7ccc(-n8c9ccccc9c9c%10oc%11ccc(-n%12c%13ccccc%13c%13ccccc%13%12)cc%11c%10ccc98)cc7c65)c4c3)c2c1. The fourth-order valence-corrected chi connectivity index (χ4v) is 15.1. The van der Waals surface area contributed by atoms with Gasteiger partial charge < -0.3 is 35.9 Å². The van der Waals surface area contributed by atoms with Crippen molar-refractivity contribution in [3.05, 3.63) is 255 Å². The summed E-state index contributed by atoms with van der Waals surface area (Å²) in [5.41, 5.74) is 19.9. The summed E-state index contributed by atoms with van der Waals surface area (Å²) in [6.07, 6.45) is 0. The summed E-state index contributed by atoms with van der Waals surface area (Å²) >= 11 is 0. The summed E-state index contributed by atoms with van der Waals surface area (Å²) in [6, 6.07) is 91.4. The average molecular weight is 1100 g/mol. The minimum Gasteiger partial charge on any atom is -0.456 e. The molecule has 0 amide bonds. The average Bonchev–Trinajstić information content (AvgIpc) is 2.39. The van der Waals surface area contributed by atoms with Gasteiger partial charge in [0.1, 0.15) is 44.7 Å². The zero-order valence-corrected chi connectivity index (χ0v) is 45.7. The van der Waals surface area contributed by atoms with Gasteiger partial charge >= 0.3 is 0 Å². The third-order valence-corrected chi connectivity index (χ3v) is 18.7. The molecule has 0 spiro atoms. The molecule has 0 saturated heterocycles. The number of fused-ring (bicyclic) bond motifs is 27. The molecule has 0 bridgehead atoms. The van der Waals surface area contributed by atoms with Gasteiger partial charge in [-0.2, -0.15) is 0 Å². The van der Waals surface area contributed by atoms with Crippen molar-refractivity contribution in [3.8, 4) is 22.7 Å². The first-order valence-electron chi connectivity index (χ1n) is 29.2. The van der Waals surface area contributed by atoms with E-state index < -0.39 is 0 Å². The number of hydrogen-bond donors (Lipinski definition) is 0. The van der Waals surface area contributed by atoms with Crippen LogP contribution in [0, 0.1) is 0 Å². The van der Waals surface area contributed by atoms with E-state index in [-0.39, 0.29) is 0 Å². The molecule has 8 heterocycles. The number of rotatable bonds is 4. The molecule has 0 atom stereocenters. The topological polar surface area (TPSA) is 72.3 Å². The molecule has 0 aliphatic heterocycles. The second-order valence-electron chi connectivity index (χ2n) is 23.1. The highest BCUT2D eigenvalue weighted by atomic mass is 16.3. The van der Waals surface area contributed by atoms with Gasteiger partial charge in [-0.25, -0.2) is 0 Å². The molecule has 13 aromatic carbocycles. The van der Waals surface area contributed by atoms with Crippen LogP contribution < -0.4 is 0 Å². The first-order chi connectivity index (χ1) is 42.6. The number of benzene rings is 13. The lowest BCUT2D eigenvalue weighted by molar-refractivity contribution is 0.662. The van der Waals surface area contributed by atoms with Crippen LogP contribution in [0.2, 0.25) is 0 Å². The summed E-state index contributed by atoms with van der Waals surface area (Å²) in [4.78, 5) is 0. The van der Waals surface area contributed by atoms with Gasteiger partial charge in [-0.1, -0.05) is 109 Å². The van der Waals surface area contributed by atoms with Crippen LogP contribution in [0.3, 0.4) is 0 Å². The maximum Gasteiger partial charge on any atom is 0.147 e. The normalized spacial score (nSPS) is 12.7. The minimum absolute atomic E-state index is 0.773. The Morgan fingerprint density at radius 2 is 0.453 bits per heavy atom. The van der Waals surface area contributed by atoms with Gasteiger partial charge in [0.25, 0.3) is 0 Å². The lowest BCUT2D eigenvalue weighted by atomic mass is 10.1. The lowest BCUT2D eigenvalue weighted by Crippen LogP contribution is -1.93. The van der Waals surface area contributed by atoms with Crippen LogP contribution in [-0.4, -0.2) is 18.3 Å². The van der Waals surface area contributed by atoms with Crippen LogP contribution in [0.5, 0.6) is 0 Å². The zero-order chi connectivity index (χ0) is 55.6. The zero-order valence-electron chi connectivity index (χ0n) is 45.7. The van der Waals surface area contributed by atoms with Gasteiger partial charge in [-0.3, -0.25) is 0 Å². The molecule has 0 saturated carbocycles. The Kier molecular flexibility index (Phi) is 8.38. The third-order valence-electron chi connectivity index (χ3n) is 18.7. The summed E-state index contributed by atoms with van der Waals surface area (Å²) < 4.78 is 37.0. The largest absolute Gasteiger partial charge is 0.456 e. The monoisotopic (exact) mass is 1100 g/mol. The van der Waals surface area contributed by atoms with E-state index in [2.05, 4.69) is 273 Å². The van der Waals surface area contributed by atoms with Gasteiger partial charge in [-0.15, -0.1) is 0 Å². The highest BCUT2D eigenvalue weighted by molar-refractivity contribution is 6.27. The van der Waals surface area contributed by atoms with Crippen LogP contribution in [-0.2, 0) is 0 Å². The number of nitrogens with zero attached hydrogens (tertiary/aromatic N) is 4. The molecule has 86 heavy (non-hydrogen) atoms. The molecular weight excluding hydrogens is 1060 g/mol. The van der Waals surface area contributed by atoms with E-state index in [0.29, 0.717) is 0 Å². The van der Waals surface area contributed by atoms with E-state index in [1.807, 2.05) is 0 Å². The molecule has 8 heteroatoms. The van der Waals surface area contributed by atoms with Crippen LogP contribution >= 0.6 is 0 Å². The maximum absolute atomic E-state index is 6.97. The van der Waals surface area contributed by atoms with E-state index >= 15 is 0 Å². The Morgan fingerprint density at radius 1 is 0.174 bits per heavy atom. The smallest absolute Gasteiger partial charge is 0.147 e. The lowest BCUT2D eigenvalue weighted by Gasteiger charge is -2.08. The van der Waals surface area contributed by atoms with Crippen molar-refractivity contribution in [1.29, 1.82) is 0 Å². The minimum atomic E-state index is 0.773. The molecule has 8 aromatic heterocycles. The van der Waals surface area contributed by atoms with Crippen molar-refractivity contribution in [2.24, 2.45) is 0 Å². The molecule has 0 unspecified atom stereocenters. The predicted octanol–water partition coefficient (Wildman–Crippen LogP) is 21.7. The van der Waals surface area contributed by atoms with E-state index in [1.165, 1.54) is 43.6 Å². The van der Waals surface area contributed by atoms with Gasteiger partial charge in [0, 0.05) is 92.8 Å². The Bertz CT molecular complexity index is 6500. The van der Waals surface area contributed by atoms with Crippen molar-refractivity contribution in [1.82, 2.24) is 18.3 Å². The molecule has 0 aliphatic carbocycles. The Labute approximate surface area is 485 Å². The Hall–Kier alpha value is -11.7. The number of furan rings is 4. The first kappa shape index (κ1) is 44.9. The molecule has 0 fully saturated rings. The molecular formula is C78H42N4O4. The van der Waals surface area contributed by atoms with E-state index in [0.717, 1.165) is 154 Å². The molecule has 8 nitrogen and oxygen atoms in total. The van der Waals surface area contributed by atoms with Crippen LogP contribution in [0.1, 0.15) is 0 Å². The molecule has 0 aliphatic rings. The molecule has 398 valence electrons. The molecule has 0 N–H and O–H groups in total. The number of aromatic nitrogens is 4. The van der Waals surface area contributed by atoms with Crippen LogP contribution in [0.15, 0.2) is 272 Å². The Morgan fingerprint density at radius 3 is 0.837 bits per heavy atom. The van der Waals surface area contributed by atoms with Crippen molar-refractivity contribution in [3.63, 3.8) is 0 Å². The van der Waals surface area contributed by atoms with E-state index in [4.69, 9.17) is 17.7 Å². The quantitative estimate of drug-likeness (QED) is 0.176. The Balaban J connectivity index is 0.706. The van der Waals surface area contributed by atoms with Gasteiger partial charge in [0.05, 0.1) is 60.3 Å². The van der Waals surface area contributed by atoms with Gasteiger partial charge in [-0.05, 0) is 146 Å². The first-order valence-corrected chi connectivity index (χ1v) is 29.2. The van der Waals surface area contributed by atoms with E-state index in [9.17, 15) is 0 Å². The molecule has 21 rings (SSSR count). The second-order valence-corrected chi connectivity index (χ2v) is 23.1. The van der Waals surface area contributed by atoms with Crippen LogP contribution in [0.25, 0.3) is 198 Å². The standard InChI is InChI=1S/C78H42N4O4/c1-7-19-60-47(13-1)48-14-2-8-20-61(48)79(60)43-25-34-68-56(39-43)51-29-32-66-73(76(51)84-68)54-17-5-11-23-64(54)81(66)45-27-36-70-58(41-45)53-31-38-72-75(78(53)86-70)59-42-46(28-37-71(59)83-72)82-65-24-12-6-18-55(65)74-67(82)33-30-52-57-40-44(26-35-69(57)85-77(52)74)80-62-21-9-3-15-49(62)50-16-4-10-22-63(50)80/h1-42H. The third kappa shape index (κ3) is 5.72. The molecule has 21 aromatic rings. The van der Waals surface area contributed by atoms with Crippen molar-refractivity contribution < 1.29 is 17.7 Å². The second kappa shape index (κ2) is 16.1. The summed E-state index contributed by atoms with van der Waals surface area (Å²) in [6.45, 7) is 0. The maximum atomic E-state index is 6.97. The number of hydrogen-bond acceptors (Lipinski definition) is 4. The predicted molar refractivity (Wildman–Crippen MR) is 353 cm³/mol. The summed E-state index contributed by atoms with van der Waals surface area (Å²) in [5.74, 6) is 0. The van der Waals surface area contributed by atoms with Crippen molar-refractivity contribution in [2.75, 3.05) is 0 Å². The highest BCUT2D eigenvalue weighted by Gasteiger charge is 2.25. The summed E-state index contributed by atoms with van der Waals surface area (Å²) in [7, 11) is 0. The fourth-order valence-electron chi connectivity index (χ4n) is 15.1. The number of para-hydroxylation sites is 6. The van der Waals surface area contributed by atoms with Gasteiger partial charge in [0.2, 0.25) is 0 Å². The fraction of sp³-hybridized carbons (Fsp3) is 0. The van der Waals surface area contributed by atoms with Gasteiger partial charge in [0.15, 0.2) is 0 Å². The van der Waals surface area contributed by atoms with Crippen LogP contribution in [0.4, 0.5) is 0 Å². The van der Waals surface area contributed by atoms with Crippen molar-refractivity contribution >= 4 is 175 Å². The van der Waals surface area contributed by atoms with Crippen molar-refractivity contribution in [2.45, 2.75) is 0 Å².